The number of hydrogen-bond donors (Lipinski definition) is 1. The molecular weight excluding hydrogens is 554 g/mol. The Morgan fingerprint density at radius 3 is 1.48 bits per heavy atom. The van der Waals surface area contributed by atoms with Crippen molar-refractivity contribution in [1.82, 2.24) is 4.98 Å². The van der Waals surface area contributed by atoms with Gasteiger partial charge in [0, 0.05) is 40.9 Å². The highest BCUT2D eigenvalue weighted by Crippen LogP contribution is 2.58. The van der Waals surface area contributed by atoms with Gasteiger partial charge in [0.15, 0.2) is 11.6 Å². The Balaban J connectivity index is 1.16. The minimum atomic E-state index is -0.490. The maximum Gasteiger partial charge on any atom is 0.169 e. The van der Waals surface area contributed by atoms with Gasteiger partial charge in [0.25, 0.3) is 0 Å². The molecule has 0 unspecified atom stereocenters. The van der Waals surface area contributed by atoms with E-state index in [-0.39, 0.29) is 0 Å². The molecule has 0 amide bonds. The van der Waals surface area contributed by atoms with Crippen molar-refractivity contribution < 1.29 is 9.05 Å². The van der Waals surface area contributed by atoms with Gasteiger partial charge >= 0.3 is 0 Å². The highest BCUT2D eigenvalue weighted by atomic mass is 31.1. The molecule has 2 aromatic rings. The van der Waals surface area contributed by atoms with E-state index in [1.54, 1.807) is 0 Å². The van der Waals surface area contributed by atoms with Gasteiger partial charge in [-0.25, -0.2) is 4.98 Å². The predicted octanol–water partition coefficient (Wildman–Crippen LogP) is 11.6. The van der Waals surface area contributed by atoms with Crippen LogP contribution >= 0.6 is 16.3 Å². The second kappa shape index (κ2) is 16.1. The molecule has 0 saturated heterocycles. The van der Waals surface area contributed by atoms with E-state index < -0.39 is 16.3 Å². The third kappa shape index (κ3) is 8.21. The molecular formula is C36H54N2O2P2. The molecule has 0 aliphatic heterocycles. The van der Waals surface area contributed by atoms with Crippen LogP contribution in [0.5, 0.6) is 11.5 Å². The summed E-state index contributed by atoms with van der Waals surface area (Å²) in [6, 6.07) is 13.0. The fraction of sp³-hybridized carbons (Fsp3) is 0.694. The summed E-state index contributed by atoms with van der Waals surface area (Å²) >= 11 is 0. The molecule has 230 valence electrons. The Hall–Kier alpha value is -1.37. The van der Waals surface area contributed by atoms with E-state index in [1.165, 1.54) is 134 Å². The van der Waals surface area contributed by atoms with Crippen molar-refractivity contribution in [1.29, 1.82) is 0 Å². The van der Waals surface area contributed by atoms with Crippen LogP contribution in [0, 0.1) is 0 Å². The van der Waals surface area contributed by atoms with Gasteiger partial charge in [0.1, 0.15) is 5.75 Å². The zero-order valence-corrected chi connectivity index (χ0v) is 27.6. The topological polar surface area (TPSA) is 43.4 Å². The molecule has 1 N–H and O–H groups in total. The van der Waals surface area contributed by atoms with Gasteiger partial charge < -0.3 is 14.4 Å². The summed E-state index contributed by atoms with van der Waals surface area (Å²) < 4.78 is 14.2. The summed E-state index contributed by atoms with van der Waals surface area (Å²) in [7, 11) is -0.943. The first-order valence-corrected chi connectivity index (χ1v) is 20.3. The summed E-state index contributed by atoms with van der Waals surface area (Å²) in [5.41, 5.74) is 4.28. The van der Waals surface area contributed by atoms with Crippen LogP contribution in [0.2, 0.25) is 0 Å². The maximum atomic E-state index is 7.14. The lowest BCUT2D eigenvalue weighted by atomic mass is 10.00. The Labute approximate surface area is 258 Å². The van der Waals surface area contributed by atoms with E-state index in [2.05, 4.69) is 35.6 Å². The summed E-state index contributed by atoms with van der Waals surface area (Å²) in [5, 5.41) is 3.71. The van der Waals surface area contributed by atoms with Crippen LogP contribution in [0.15, 0.2) is 42.6 Å². The minimum absolute atomic E-state index is 0.453. The van der Waals surface area contributed by atoms with Crippen molar-refractivity contribution in [3.05, 3.63) is 48.2 Å². The van der Waals surface area contributed by atoms with E-state index in [9.17, 15) is 0 Å². The number of pyridine rings is 1. The molecule has 6 rings (SSSR count). The second-order valence-electron chi connectivity index (χ2n) is 13.4. The standard InChI is InChI=1S/C36H54N2O2P2/c1-5-17-30(18-6-1)41(31-19-7-2-8-20-31)39-34-25-14-13-16-29(34)28-38-36-35(26-15-27-37-36)40-42(32-21-9-3-10-22-32)33-23-11-4-12-24-33/h13-16,25-27,30-33H,1-12,17-24,28H2,(H,37,38). The fourth-order valence-electron chi connectivity index (χ4n) is 7.98. The zero-order chi connectivity index (χ0) is 28.4. The number of aromatic nitrogens is 1. The molecule has 4 saturated carbocycles. The van der Waals surface area contributed by atoms with Crippen molar-refractivity contribution in [3.63, 3.8) is 0 Å². The third-order valence-corrected chi connectivity index (χ3v) is 16.1. The van der Waals surface area contributed by atoms with E-state index in [4.69, 9.17) is 14.0 Å². The van der Waals surface area contributed by atoms with Crippen LogP contribution < -0.4 is 14.4 Å². The number of para-hydroxylation sites is 1. The van der Waals surface area contributed by atoms with Gasteiger partial charge in [-0.15, -0.1) is 0 Å². The average Bonchev–Trinajstić information content (AvgIpc) is 3.07. The lowest BCUT2D eigenvalue weighted by molar-refractivity contribution is 0.448. The van der Waals surface area contributed by atoms with Crippen LogP contribution in [0.4, 0.5) is 5.82 Å². The lowest BCUT2D eigenvalue weighted by Crippen LogP contribution is -2.23. The molecule has 4 nitrogen and oxygen atoms in total. The molecule has 1 aromatic heterocycles. The lowest BCUT2D eigenvalue weighted by Gasteiger charge is -2.37. The van der Waals surface area contributed by atoms with Gasteiger partial charge in [-0.1, -0.05) is 95.2 Å². The molecule has 0 spiro atoms. The van der Waals surface area contributed by atoms with Gasteiger partial charge in [0.05, 0.1) is 16.3 Å². The van der Waals surface area contributed by atoms with E-state index in [0.29, 0.717) is 6.54 Å². The van der Waals surface area contributed by atoms with E-state index >= 15 is 0 Å². The highest BCUT2D eigenvalue weighted by Gasteiger charge is 2.35. The largest absolute Gasteiger partial charge is 0.473 e. The first-order valence-electron chi connectivity index (χ1n) is 17.5. The van der Waals surface area contributed by atoms with Crippen LogP contribution in [0.25, 0.3) is 0 Å². The molecule has 4 aliphatic rings. The number of rotatable bonds is 11. The first-order chi connectivity index (χ1) is 20.8. The molecule has 1 heterocycles. The Bertz CT molecular complexity index is 954. The van der Waals surface area contributed by atoms with Crippen LogP contribution in [0.1, 0.15) is 134 Å². The molecule has 4 aliphatic carbocycles. The Kier molecular flexibility index (Phi) is 11.7. The highest BCUT2D eigenvalue weighted by molar-refractivity contribution is 7.54. The first kappa shape index (κ1) is 30.6. The molecule has 1 aromatic carbocycles. The van der Waals surface area contributed by atoms with Gasteiger partial charge in [-0.3, -0.25) is 0 Å². The quantitative estimate of drug-likeness (QED) is 0.258. The number of hydrogen-bond acceptors (Lipinski definition) is 4. The number of nitrogens with one attached hydrogen (secondary N) is 1. The van der Waals surface area contributed by atoms with Crippen molar-refractivity contribution in [3.8, 4) is 11.5 Å². The Morgan fingerprint density at radius 1 is 0.548 bits per heavy atom. The summed E-state index contributed by atoms with van der Waals surface area (Å²) in [6.45, 7) is 0.715. The van der Waals surface area contributed by atoms with E-state index in [1.807, 2.05) is 12.3 Å². The summed E-state index contributed by atoms with van der Waals surface area (Å²) in [5.74, 6) is 2.95. The van der Waals surface area contributed by atoms with Crippen molar-refractivity contribution in [2.45, 2.75) is 158 Å². The molecule has 6 heteroatoms. The number of nitrogens with zero attached hydrogens (tertiary/aromatic N) is 1. The molecule has 0 radical (unpaired) electrons. The normalized spacial score (nSPS) is 22.0. The van der Waals surface area contributed by atoms with Crippen LogP contribution in [-0.2, 0) is 6.54 Å². The molecule has 4 fully saturated rings. The van der Waals surface area contributed by atoms with Gasteiger partial charge in [-0.05, 0) is 69.6 Å². The van der Waals surface area contributed by atoms with Crippen LogP contribution in [0.3, 0.4) is 0 Å². The summed E-state index contributed by atoms with van der Waals surface area (Å²) in [4.78, 5) is 4.81. The predicted molar refractivity (Wildman–Crippen MR) is 181 cm³/mol. The SMILES string of the molecule is c1ccc(OP(C2CCCCC2)C2CCCCC2)c(CNc2ncccc2OP(C2CCCCC2)C2CCCCC2)c1. The smallest absolute Gasteiger partial charge is 0.169 e. The minimum Gasteiger partial charge on any atom is -0.473 e. The van der Waals surface area contributed by atoms with Crippen molar-refractivity contribution in [2.24, 2.45) is 0 Å². The number of anilines is 1. The maximum absolute atomic E-state index is 7.14. The summed E-state index contributed by atoms with van der Waals surface area (Å²) in [6.07, 6.45) is 29.4. The third-order valence-electron chi connectivity index (χ3n) is 10.3. The Morgan fingerprint density at radius 2 is 0.976 bits per heavy atom. The number of benzene rings is 1. The van der Waals surface area contributed by atoms with Crippen molar-refractivity contribution >= 4 is 22.1 Å². The monoisotopic (exact) mass is 608 g/mol. The van der Waals surface area contributed by atoms with Gasteiger partial charge in [-0.2, -0.15) is 0 Å². The molecule has 42 heavy (non-hydrogen) atoms. The van der Waals surface area contributed by atoms with Gasteiger partial charge in [0.2, 0.25) is 0 Å². The second-order valence-corrected chi connectivity index (χ2v) is 18.1. The van der Waals surface area contributed by atoms with Crippen LogP contribution in [-0.4, -0.2) is 27.6 Å². The molecule has 0 atom stereocenters. The fourth-order valence-corrected chi connectivity index (χ4v) is 14.0. The zero-order valence-electron chi connectivity index (χ0n) is 25.9. The average molecular weight is 609 g/mol. The van der Waals surface area contributed by atoms with Crippen molar-refractivity contribution in [2.75, 3.05) is 5.32 Å². The molecule has 0 bridgehead atoms. The van der Waals surface area contributed by atoms with E-state index in [0.717, 1.165) is 40.0 Å².